The van der Waals surface area contributed by atoms with Crippen molar-refractivity contribution in [1.29, 1.82) is 5.41 Å². The minimum Gasteiger partial charge on any atom is -0.399 e. The average molecular weight is 385 g/mol. The highest BCUT2D eigenvalue weighted by molar-refractivity contribution is 5.96. The molecule has 0 bridgehead atoms. The highest BCUT2D eigenvalue weighted by Gasteiger charge is 2.14. The zero-order valence-electron chi connectivity index (χ0n) is 17.8. The van der Waals surface area contributed by atoms with Crippen molar-refractivity contribution in [3.63, 3.8) is 0 Å². The molecule has 0 aliphatic carbocycles. The van der Waals surface area contributed by atoms with E-state index in [0.717, 1.165) is 35.6 Å². The normalized spacial score (nSPS) is 11.5. The summed E-state index contributed by atoms with van der Waals surface area (Å²) in [5.74, 6) is 0. The minimum atomic E-state index is 0.132. The number of hydrogen-bond acceptors (Lipinski definition) is 6. The monoisotopic (exact) mass is 384 g/mol. The molecule has 2 heterocycles. The van der Waals surface area contributed by atoms with Gasteiger partial charge in [0.2, 0.25) is 0 Å². The van der Waals surface area contributed by atoms with Gasteiger partial charge in [0, 0.05) is 18.5 Å². The van der Waals surface area contributed by atoms with Gasteiger partial charge in [0.1, 0.15) is 12.8 Å². The first kappa shape index (κ1) is 23.4. The average Bonchev–Trinajstić information content (AvgIpc) is 2.66. The Labute approximate surface area is 168 Å². The Morgan fingerprint density at radius 2 is 1.89 bits per heavy atom. The van der Waals surface area contributed by atoms with E-state index in [9.17, 15) is 0 Å². The highest BCUT2D eigenvalue weighted by Crippen LogP contribution is 2.21. The Morgan fingerprint density at radius 3 is 2.46 bits per heavy atom. The molecule has 0 aliphatic rings. The van der Waals surface area contributed by atoms with Crippen molar-refractivity contribution >= 4 is 11.4 Å². The molecule has 2 rings (SSSR count). The summed E-state index contributed by atoms with van der Waals surface area (Å²) in [5, 5.41) is 20.0. The van der Waals surface area contributed by atoms with E-state index in [1.165, 1.54) is 12.7 Å². The second kappa shape index (κ2) is 11.3. The molecule has 6 heteroatoms. The maximum atomic E-state index is 8.72. The first-order valence-electron chi connectivity index (χ1n) is 9.36. The van der Waals surface area contributed by atoms with Gasteiger partial charge in [-0.25, -0.2) is 0 Å². The van der Waals surface area contributed by atoms with Crippen LogP contribution in [0, 0.1) is 5.41 Å². The molecule has 28 heavy (non-hydrogen) atoms. The molecule has 0 amide bonds. The molecule has 2 aromatic rings. The number of hydrogen-bond donors (Lipinski definition) is 2. The minimum absolute atomic E-state index is 0.132. The van der Waals surface area contributed by atoms with E-state index in [-0.39, 0.29) is 12.0 Å². The van der Waals surface area contributed by atoms with Gasteiger partial charge < -0.3 is 15.4 Å². The standard InChI is InChI=1S/C11H16N2O2.C11H16N2/c1-9(13-15-2)11-7-3-5-10(12-11)6-4-8-14;1-8(12)10-7-9(5-6-13-10)11(2,3)4/h3,5,7,14H,4,6,8H2,1-2H3;5-7,12H,1-4H3/b13-9+;. The largest absolute Gasteiger partial charge is 0.399 e. The fourth-order valence-electron chi connectivity index (χ4n) is 2.37. The summed E-state index contributed by atoms with van der Waals surface area (Å²) < 4.78 is 0. The third-order valence-electron chi connectivity index (χ3n) is 4.01. The Kier molecular flexibility index (Phi) is 9.45. The van der Waals surface area contributed by atoms with Crippen LogP contribution >= 0.6 is 0 Å². The lowest BCUT2D eigenvalue weighted by molar-refractivity contribution is 0.213. The molecule has 2 N–H and O–H groups in total. The van der Waals surface area contributed by atoms with Gasteiger partial charge in [-0.15, -0.1) is 0 Å². The number of aliphatic hydroxyl groups is 1. The first-order valence-corrected chi connectivity index (χ1v) is 9.36. The van der Waals surface area contributed by atoms with E-state index in [4.69, 9.17) is 10.5 Å². The van der Waals surface area contributed by atoms with Gasteiger partial charge in [0.15, 0.2) is 0 Å². The van der Waals surface area contributed by atoms with Crippen LogP contribution < -0.4 is 0 Å². The van der Waals surface area contributed by atoms with E-state index in [0.29, 0.717) is 5.71 Å². The van der Waals surface area contributed by atoms with Gasteiger partial charge in [-0.2, -0.15) is 0 Å². The predicted octanol–water partition coefficient (Wildman–Crippen LogP) is 4.14. The Morgan fingerprint density at radius 1 is 1.18 bits per heavy atom. The maximum Gasteiger partial charge on any atom is 0.106 e. The fourth-order valence-corrected chi connectivity index (χ4v) is 2.37. The topological polar surface area (TPSA) is 91.5 Å². The van der Waals surface area contributed by atoms with E-state index in [2.05, 4.69) is 40.7 Å². The van der Waals surface area contributed by atoms with Crippen LogP contribution in [0.15, 0.2) is 41.7 Å². The number of aliphatic hydroxyl groups excluding tert-OH is 1. The molecule has 152 valence electrons. The van der Waals surface area contributed by atoms with Crippen LogP contribution in [0.3, 0.4) is 0 Å². The fraction of sp³-hybridized carbons (Fsp3) is 0.455. The molecule has 0 fully saturated rings. The highest BCUT2D eigenvalue weighted by atomic mass is 16.6. The summed E-state index contributed by atoms with van der Waals surface area (Å²) in [6.07, 6.45) is 3.29. The van der Waals surface area contributed by atoms with Crippen molar-refractivity contribution in [2.75, 3.05) is 13.7 Å². The number of nitrogens with one attached hydrogen (secondary N) is 1. The summed E-state index contributed by atoms with van der Waals surface area (Å²) in [6, 6.07) is 9.76. The number of nitrogens with zero attached hydrogens (tertiary/aromatic N) is 3. The molecule has 0 aromatic carbocycles. The van der Waals surface area contributed by atoms with Gasteiger partial charge >= 0.3 is 0 Å². The van der Waals surface area contributed by atoms with E-state index >= 15 is 0 Å². The molecule has 6 nitrogen and oxygen atoms in total. The van der Waals surface area contributed by atoms with Crippen molar-refractivity contribution in [1.82, 2.24) is 9.97 Å². The summed E-state index contributed by atoms with van der Waals surface area (Å²) in [6.45, 7) is 10.3. The summed E-state index contributed by atoms with van der Waals surface area (Å²) >= 11 is 0. The summed E-state index contributed by atoms with van der Waals surface area (Å²) in [7, 11) is 1.51. The lowest BCUT2D eigenvalue weighted by Gasteiger charge is -2.19. The van der Waals surface area contributed by atoms with Crippen molar-refractivity contribution in [2.45, 2.75) is 52.9 Å². The first-order chi connectivity index (χ1) is 13.2. The van der Waals surface area contributed by atoms with Crippen LogP contribution in [0.25, 0.3) is 0 Å². The number of oxime groups is 1. The second-order valence-corrected chi connectivity index (χ2v) is 7.51. The molecular formula is C22H32N4O2. The second-order valence-electron chi connectivity index (χ2n) is 7.51. The summed E-state index contributed by atoms with van der Waals surface area (Å²) in [5.41, 5.74) is 5.18. The molecule has 0 atom stereocenters. The lowest BCUT2D eigenvalue weighted by atomic mass is 9.87. The number of aryl methyl sites for hydroxylation is 1. The van der Waals surface area contributed by atoms with Gasteiger partial charge in [0.25, 0.3) is 0 Å². The van der Waals surface area contributed by atoms with Crippen molar-refractivity contribution in [3.8, 4) is 0 Å². The van der Waals surface area contributed by atoms with E-state index in [1.807, 2.05) is 37.3 Å². The van der Waals surface area contributed by atoms with Gasteiger partial charge in [-0.05, 0) is 61.9 Å². The van der Waals surface area contributed by atoms with E-state index < -0.39 is 0 Å². The van der Waals surface area contributed by atoms with Crippen LogP contribution in [0.2, 0.25) is 0 Å². The SMILES string of the molecule is CC(=N)c1cc(C(C)(C)C)ccn1.CO/N=C(\C)c1cccc(CCCO)n1. The van der Waals surface area contributed by atoms with Crippen LogP contribution in [0.4, 0.5) is 0 Å². The van der Waals surface area contributed by atoms with Crippen molar-refractivity contribution in [2.24, 2.45) is 5.16 Å². The molecular weight excluding hydrogens is 352 g/mol. The lowest BCUT2D eigenvalue weighted by Crippen LogP contribution is -2.12. The van der Waals surface area contributed by atoms with Gasteiger partial charge in [-0.1, -0.05) is 32.0 Å². The maximum absolute atomic E-state index is 8.72. The van der Waals surface area contributed by atoms with Crippen molar-refractivity contribution in [3.05, 3.63) is 59.2 Å². The molecule has 0 saturated carbocycles. The zero-order valence-corrected chi connectivity index (χ0v) is 17.8. The van der Waals surface area contributed by atoms with Gasteiger partial charge in [0.05, 0.1) is 17.1 Å². The number of pyridine rings is 2. The molecule has 0 saturated heterocycles. The summed E-state index contributed by atoms with van der Waals surface area (Å²) in [4.78, 5) is 13.2. The predicted molar refractivity (Wildman–Crippen MR) is 114 cm³/mol. The van der Waals surface area contributed by atoms with Crippen LogP contribution in [0.1, 0.15) is 63.7 Å². The molecule has 0 aliphatic heterocycles. The Balaban J connectivity index is 0.000000283. The molecule has 0 spiro atoms. The van der Waals surface area contributed by atoms with Gasteiger partial charge in [-0.3, -0.25) is 9.97 Å². The quantitative estimate of drug-likeness (QED) is 0.578. The van der Waals surface area contributed by atoms with E-state index in [1.54, 1.807) is 13.1 Å². The number of aromatic nitrogens is 2. The smallest absolute Gasteiger partial charge is 0.106 e. The number of rotatable bonds is 6. The van der Waals surface area contributed by atoms with Crippen LogP contribution in [-0.4, -0.2) is 40.2 Å². The third-order valence-corrected chi connectivity index (χ3v) is 4.01. The third kappa shape index (κ3) is 7.96. The zero-order chi connectivity index (χ0) is 21.2. The Bertz CT molecular complexity index is 795. The van der Waals surface area contributed by atoms with Crippen LogP contribution in [-0.2, 0) is 16.7 Å². The van der Waals surface area contributed by atoms with Crippen molar-refractivity contribution < 1.29 is 9.94 Å². The molecule has 0 unspecified atom stereocenters. The molecule has 0 radical (unpaired) electrons. The van der Waals surface area contributed by atoms with Crippen LogP contribution in [0.5, 0.6) is 0 Å². The Hall–Kier alpha value is -2.60. The molecule has 2 aromatic heterocycles.